The largest absolute Gasteiger partial charge is 0.343 e. The first kappa shape index (κ1) is 14.3. The molecule has 1 aliphatic rings. The van der Waals surface area contributed by atoms with Crippen molar-refractivity contribution in [2.75, 3.05) is 13.1 Å². The van der Waals surface area contributed by atoms with Gasteiger partial charge in [0.25, 0.3) is 0 Å². The first-order valence-corrected chi connectivity index (χ1v) is 7.62. The number of hydrogen-bond donors (Lipinski definition) is 1. The maximum atomic E-state index is 14.0. The molecule has 0 aliphatic carbocycles. The summed E-state index contributed by atoms with van der Waals surface area (Å²) in [7, 11) is 0. The summed E-state index contributed by atoms with van der Waals surface area (Å²) in [5, 5.41) is 4.42. The molecule has 0 atom stereocenters. The number of benzene rings is 2. The van der Waals surface area contributed by atoms with Gasteiger partial charge in [0.15, 0.2) is 17.5 Å². The highest BCUT2D eigenvalue weighted by Crippen LogP contribution is 2.30. The van der Waals surface area contributed by atoms with E-state index in [1.165, 1.54) is 11.8 Å². The molecule has 0 bridgehead atoms. The zero-order chi connectivity index (χ0) is 16.0. The minimum absolute atomic E-state index is 0.0769. The standard InChI is InChI=1S/C18H15F3N2/c19-15-4-3-14(17(20)18(15)21)11-1-2-12-9-13-5-6-22-7-8-23(13)16(12)10-11/h1-4,9-10,22H,5-8H2. The van der Waals surface area contributed by atoms with Crippen LogP contribution in [0.3, 0.4) is 0 Å². The molecule has 0 saturated carbocycles. The van der Waals surface area contributed by atoms with Gasteiger partial charge in [-0.1, -0.05) is 12.1 Å². The second-order valence-electron chi connectivity index (χ2n) is 5.78. The second-order valence-corrected chi connectivity index (χ2v) is 5.78. The Kier molecular flexibility index (Phi) is 3.38. The number of halogens is 3. The maximum Gasteiger partial charge on any atom is 0.195 e. The topological polar surface area (TPSA) is 17.0 Å². The average Bonchev–Trinajstić information content (AvgIpc) is 2.74. The summed E-state index contributed by atoms with van der Waals surface area (Å²) in [5.41, 5.74) is 2.85. The normalized spacial score (nSPS) is 14.7. The van der Waals surface area contributed by atoms with Crippen molar-refractivity contribution in [3.8, 4) is 11.1 Å². The summed E-state index contributed by atoms with van der Waals surface area (Å²) < 4.78 is 42.9. The van der Waals surface area contributed by atoms with Gasteiger partial charge in [-0.3, -0.25) is 0 Å². The molecule has 0 fully saturated rings. The van der Waals surface area contributed by atoms with E-state index in [2.05, 4.69) is 16.0 Å². The number of nitrogens with one attached hydrogen (secondary N) is 1. The van der Waals surface area contributed by atoms with Crippen LogP contribution in [-0.4, -0.2) is 17.7 Å². The van der Waals surface area contributed by atoms with Crippen molar-refractivity contribution in [2.45, 2.75) is 13.0 Å². The lowest BCUT2D eigenvalue weighted by molar-refractivity contribution is 0.449. The molecule has 0 saturated heterocycles. The van der Waals surface area contributed by atoms with E-state index in [1.807, 2.05) is 12.1 Å². The Morgan fingerprint density at radius 1 is 0.913 bits per heavy atom. The van der Waals surface area contributed by atoms with E-state index in [1.54, 1.807) is 6.07 Å². The van der Waals surface area contributed by atoms with Gasteiger partial charge >= 0.3 is 0 Å². The SMILES string of the molecule is Fc1ccc(-c2ccc3cc4n(c3c2)CCNCC4)c(F)c1F. The summed E-state index contributed by atoms with van der Waals surface area (Å²) >= 11 is 0. The third-order valence-electron chi connectivity index (χ3n) is 4.41. The summed E-state index contributed by atoms with van der Waals surface area (Å²) in [6.07, 6.45) is 0.934. The zero-order valence-corrected chi connectivity index (χ0v) is 12.4. The fourth-order valence-electron chi connectivity index (χ4n) is 3.23. The predicted molar refractivity (Wildman–Crippen MR) is 83.8 cm³/mol. The molecule has 0 unspecified atom stereocenters. The van der Waals surface area contributed by atoms with Crippen molar-refractivity contribution < 1.29 is 13.2 Å². The summed E-state index contributed by atoms with van der Waals surface area (Å²) in [4.78, 5) is 0. The van der Waals surface area contributed by atoms with Crippen molar-refractivity contribution in [2.24, 2.45) is 0 Å². The third kappa shape index (κ3) is 2.32. The van der Waals surface area contributed by atoms with Crippen LogP contribution in [0, 0.1) is 17.5 Å². The molecule has 0 radical (unpaired) electrons. The molecule has 1 aromatic heterocycles. The summed E-state index contributed by atoms with van der Waals surface area (Å²) in [5.74, 6) is -3.75. The average molecular weight is 316 g/mol. The van der Waals surface area contributed by atoms with Gasteiger partial charge in [0.2, 0.25) is 0 Å². The van der Waals surface area contributed by atoms with Crippen LogP contribution in [0.1, 0.15) is 5.69 Å². The number of nitrogens with zero attached hydrogens (tertiary/aromatic N) is 1. The minimum atomic E-state index is -1.43. The second kappa shape index (κ2) is 5.42. The van der Waals surface area contributed by atoms with E-state index >= 15 is 0 Å². The fourth-order valence-corrected chi connectivity index (χ4v) is 3.23. The third-order valence-corrected chi connectivity index (χ3v) is 4.41. The number of aromatic nitrogens is 1. The van der Waals surface area contributed by atoms with Crippen molar-refractivity contribution in [3.05, 3.63) is 59.5 Å². The molecule has 2 nitrogen and oxygen atoms in total. The van der Waals surface area contributed by atoms with E-state index in [0.29, 0.717) is 5.56 Å². The highest BCUT2D eigenvalue weighted by molar-refractivity contribution is 5.86. The highest BCUT2D eigenvalue weighted by Gasteiger charge is 2.17. The van der Waals surface area contributed by atoms with Crippen LogP contribution in [0.2, 0.25) is 0 Å². The lowest BCUT2D eigenvalue weighted by Gasteiger charge is -2.09. The lowest BCUT2D eigenvalue weighted by atomic mass is 10.0. The molecule has 0 amide bonds. The first-order chi connectivity index (χ1) is 11.1. The van der Waals surface area contributed by atoms with Crippen LogP contribution in [0.25, 0.3) is 22.0 Å². The number of rotatable bonds is 1. The van der Waals surface area contributed by atoms with E-state index in [9.17, 15) is 13.2 Å². The predicted octanol–water partition coefficient (Wildman–Crippen LogP) is 3.87. The van der Waals surface area contributed by atoms with Crippen LogP contribution in [-0.2, 0) is 13.0 Å². The van der Waals surface area contributed by atoms with Crippen LogP contribution in [0.5, 0.6) is 0 Å². The molecule has 0 spiro atoms. The van der Waals surface area contributed by atoms with E-state index < -0.39 is 17.5 Å². The first-order valence-electron chi connectivity index (χ1n) is 7.62. The number of fused-ring (bicyclic) bond motifs is 3. The van der Waals surface area contributed by atoms with E-state index in [4.69, 9.17) is 0 Å². The summed E-state index contributed by atoms with van der Waals surface area (Å²) in [6.45, 7) is 2.64. The molecule has 5 heteroatoms. The maximum absolute atomic E-state index is 14.0. The molecular weight excluding hydrogens is 301 g/mol. The minimum Gasteiger partial charge on any atom is -0.343 e. The molecule has 23 heavy (non-hydrogen) atoms. The molecule has 1 N–H and O–H groups in total. The van der Waals surface area contributed by atoms with Crippen LogP contribution in [0.15, 0.2) is 36.4 Å². The van der Waals surface area contributed by atoms with Crippen molar-refractivity contribution in [3.63, 3.8) is 0 Å². The Hall–Kier alpha value is -2.27. The lowest BCUT2D eigenvalue weighted by Crippen LogP contribution is -2.17. The highest BCUT2D eigenvalue weighted by atomic mass is 19.2. The molecule has 3 aromatic rings. The molecule has 2 heterocycles. The van der Waals surface area contributed by atoms with Gasteiger partial charge in [-0.15, -0.1) is 0 Å². The molecule has 1 aliphatic heterocycles. The van der Waals surface area contributed by atoms with Crippen LogP contribution < -0.4 is 5.32 Å². The van der Waals surface area contributed by atoms with Gasteiger partial charge in [0, 0.05) is 42.8 Å². The number of hydrogen-bond acceptors (Lipinski definition) is 1. The smallest absolute Gasteiger partial charge is 0.195 e. The van der Waals surface area contributed by atoms with Gasteiger partial charge in [-0.25, -0.2) is 13.2 Å². The molecule has 118 valence electrons. The van der Waals surface area contributed by atoms with Crippen LogP contribution in [0.4, 0.5) is 13.2 Å². The Morgan fingerprint density at radius 2 is 1.78 bits per heavy atom. The van der Waals surface area contributed by atoms with Crippen LogP contribution >= 0.6 is 0 Å². The molecule has 2 aromatic carbocycles. The van der Waals surface area contributed by atoms with E-state index in [-0.39, 0.29) is 5.56 Å². The zero-order valence-electron chi connectivity index (χ0n) is 12.4. The monoisotopic (exact) mass is 316 g/mol. The Bertz CT molecular complexity index is 899. The van der Waals surface area contributed by atoms with Gasteiger partial charge in [0.05, 0.1) is 0 Å². The molecular formula is C18H15F3N2. The van der Waals surface area contributed by atoms with Gasteiger partial charge in [-0.2, -0.15) is 0 Å². The van der Waals surface area contributed by atoms with Crippen molar-refractivity contribution >= 4 is 10.9 Å². The fraction of sp³-hybridized carbons (Fsp3) is 0.222. The molecule has 4 rings (SSSR count). The van der Waals surface area contributed by atoms with Gasteiger partial charge < -0.3 is 9.88 Å². The van der Waals surface area contributed by atoms with Gasteiger partial charge in [0.1, 0.15) is 0 Å². The van der Waals surface area contributed by atoms with Gasteiger partial charge in [-0.05, 0) is 35.2 Å². The van der Waals surface area contributed by atoms with Crippen molar-refractivity contribution in [1.82, 2.24) is 9.88 Å². The quantitative estimate of drug-likeness (QED) is 0.674. The Morgan fingerprint density at radius 3 is 2.65 bits per heavy atom. The summed E-state index contributed by atoms with van der Waals surface area (Å²) in [6, 6.07) is 9.87. The Labute approximate surface area is 131 Å². The Balaban J connectivity index is 1.89. The van der Waals surface area contributed by atoms with Crippen molar-refractivity contribution in [1.29, 1.82) is 0 Å². The van der Waals surface area contributed by atoms with E-state index in [0.717, 1.165) is 43.0 Å².